The Kier molecular flexibility index (Phi) is 4.00. The fourth-order valence-electron chi connectivity index (χ4n) is 3.37. The zero-order chi connectivity index (χ0) is 14.2. The highest BCUT2D eigenvalue weighted by molar-refractivity contribution is 9.10. The van der Waals surface area contributed by atoms with E-state index in [-0.39, 0.29) is 21.8 Å². The van der Waals surface area contributed by atoms with Crippen LogP contribution < -0.4 is 5.32 Å². The van der Waals surface area contributed by atoms with Gasteiger partial charge in [0.25, 0.3) is 0 Å². The summed E-state index contributed by atoms with van der Waals surface area (Å²) >= 11 is 2.99. The molecule has 1 heterocycles. The van der Waals surface area contributed by atoms with Crippen molar-refractivity contribution in [3.8, 4) is 0 Å². The first-order valence-corrected chi connectivity index (χ1v) is 7.92. The molecule has 5 heteroatoms. The molecule has 0 bridgehead atoms. The number of ether oxygens (including phenoxy) is 1. The summed E-state index contributed by atoms with van der Waals surface area (Å²) < 4.78 is 33.5. The van der Waals surface area contributed by atoms with Gasteiger partial charge in [0.15, 0.2) is 0 Å². The summed E-state index contributed by atoms with van der Waals surface area (Å²) in [5.74, 6) is -0.873. The van der Waals surface area contributed by atoms with E-state index in [4.69, 9.17) is 4.74 Å². The molecule has 1 spiro atoms. The summed E-state index contributed by atoms with van der Waals surface area (Å²) in [5, 5.41) is 3.15. The summed E-state index contributed by atoms with van der Waals surface area (Å²) in [6, 6.07) is 2.54. The van der Waals surface area contributed by atoms with Crippen LogP contribution in [-0.4, -0.2) is 18.2 Å². The molecule has 1 N–H and O–H groups in total. The lowest BCUT2D eigenvalue weighted by atomic mass is 9.89. The van der Waals surface area contributed by atoms with Gasteiger partial charge in [0, 0.05) is 18.7 Å². The average molecular weight is 346 g/mol. The lowest BCUT2D eigenvalue weighted by Gasteiger charge is -2.39. The largest absolute Gasteiger partial charge is 0.380 e. The summed E-state index contributed by atoms with van der Waals surface area (Å²) in [7, 11) is 0. The van der Waals surface area contributed by atoms with Crippen molar-refractivity contribution in [3.05, 3.63) is 28.2 Å². The van der Waals surface area contributed by atoms with Gasteiger partial charge in [-0.3, -0.25) is 0 Å². The van der Waals surface area contributed by atoms with Crippen LogP contribution in [0.1, 0.15) is 38.5 Å². The zero-order valence-corrected chi connectivity index (χ0v) is 12.8. The molecule has 1 aromatic rings. The van der Waals surface area contributed by atoms with Crippen LogP contribution in [0.15, 0.2) is 16.6 Å². The van der Waals surface area contributed by atoms with Crippen LogP contribution in [0, 0.1) is 11.6 Å². The molecule has 1 saturated carbocycles. The smallest absolute Gasteiger partial charge is 0.147 e. The van der Waals surface area contributed by atoms with E-state index in [9.17, 15) is 8.78 Å². The summed E-state index contributed by atoms with van der Waals surface area (Å²) in [6.45, 7) is 0.693. The highest BCUT2D eigenvalue weighted by atomic mass is 79.9. The van der Waals surface area contributed by atoms with E-state index < -0.39 is 11.6 Å². The highest BCUT2D eigenvalue weighted by Gasteiger charge is 2.40. The molecule has 20 heavy (non-hydrogen) atoms. The average Bonchev–Trinajstić information content (AvgIpc) is 2.84. The van der Waals surface area contributed by atoms with Crippen molar-refractivity contribution in [3.63, 3.8) is 0 Å². The third-order valence-electron chi connectivity index (χ3n) is 4.38. The molecule has 1 atom stereocenters. The summed E-state index contributed by atoms with van der Waals surface area (Å²) in [6.07, 6.45) is 6.29. The van der Waals surface area contributed by atoms with Crippen molar-refractivity contribution < 1.29 is 13.5 Å². The van der Waals surface area contributed by atoms with Crippen LogP contribution in [0.4, 0.5) is 14.5 Å². The monoisotopic (exact) mass is 345 g/mol. The number of rotatable bonds is 2. The van der Waals surface area contributed by atoms with Gasteiger partial charge in [-0.25, -0.2) is 8.78 Å². The van der Waals surface area contributed by atoms with Crippen molar-refractivity contribution in [1.29, 1.82) is 0 Å². The Morgan fingerprint density at radius 2 is 1.95 bits per heavy atom. The van der Waals surface area contributed by atoms with E-state index in [0.29, 0.717) is 6.61 Å². The van der Waals surface area contributed by atoms with Crippen molar-refractivity contribution in [1.82, 2.24) is 0 Å². The molecule has 0 amide bonds. The van der Waals surface area contributed by atoms with Crippen LogP contribution in [0.3, 0.4) is 0 Å². The minimum Gasteiger partial charge on any atom is -0.380 e. The van der Waals surface area contributed by atoms with Gasteiger partial charge in [-0.15, -0.1) is 0 Å². The van der Waals surface area contributed by atoms with Gasteiger partial charge < -0.3 is 10.1 Å². The minimum atomic E-state index is -0.448. The Morgan fingerprint density at radius 3 is 2.70 bits per heavy atom. The molecule has 2 fully saturated rings. The highest BCUT2D eigenvalue weighted by Crippen LogP contribution is 2.40. The lowest BCUT2D eigenvalue weighted by Crippen LogP contribution is -2.42. The molecule has 110 valence electrons. The standard InChI is InChI=1S/C15H18BrF2NO/c16-11-7-13(18)14(8-12(11)17)19-10-3-6-20-15(9-10)4-1-2-5-15/h7-8,10,19H,1-6,9H2. The SMILES string of the molecule is Fc1cc(NC2CCOC3(CCCC3)C2)c(F)cc1Br. The number of benzene rings is 1. The van der Waals surface area contributed by atoms with Crippen molar-refractivity contribution in [2.24, 2.45) is 0 Å². The van der Waals surface area contributed by atoms with Crippen LogP contribution >= 0.6 is 15.9 Å². The molecule has 2 aliphatic rings. The van der Waals surface area contributed by atoms with Gasteiger partial charge in [0.1, 0.15) is 11.6 Å². The molecule has 1 unspecified atom stereocenters. The first kappa shape index (κ1) is 14.3. The molecular formula is C15H18BrF2NO. The summed E-state index contributed by atoms with van der Waals surface area (Å²) in [4.78, 5) is 0. The Balaban J connectivity index is 1.73. The molecule has 3 rings (SSSR count). The van der Waals surface area contributed by atoms with E-state index in [1.165, 1.54) is 25.0 Å². The molecule has 0 radical (unpaired) electrons. The normalized spacial score (nSPS) is 25.1. The number of hydrogen-bond acceptors (Lipinski definition) is 2. The third kappa shape index (κ3) is 2.84. The van der Waals surface area contributed by atoms with Gasteiger partial charge in [-0.1, -0.05) is 12.8 Å². The number of halogens is 3. The van der Waals surface area contributed by atoms with Gasteiger partial charge in [-0.05, 0) is 47.7 Å². The predicted octanol–water partition coefficient (Wildman–Crippen LogP) is 4.63. The molecule has 1 saturated heterocycles. The second-order valence-corrected chi connectivity index (χ2v) is 6.67. The van der Waals surface area contributed by atoms with Crippen LogP contribution in [0.5, 0.6) is 0 Å². The number of nitrogens with one attached hydrogen (secondary N) is 1. The van der Waals surface area contributed by atoms with Crippen LogP contribution in [-0.2, 0) is 4.74 Å². The topological polar surface area (TPSA) is 21.3 Å². The van der Waals surface area contributed by atoms with E-state index in [1.807, 2.05) is 0 Å². The van der Waals surface area contributed by atoms with E-state index in [1.54, 1.807) is 0 Å². The molecule has 1 aliphatic carbocycles. The Morgan fingerprint density at radius 1 is 1.20 bits per heavy atom. The van der Waals surface area contributed by atoms with E-state index in [2.05, 4.69) is 21.2 Å². The lowest BCUT2D eigenvalue weighted by molar-refractivity contribution is -0.0767. The van der Waals surface area contributed by atoms with Crippen LogP contribution in [0.25, 0.3) is 0 Å². The molecule has 1 aliphatic heterocycles. The second-order valence-electron chi connectivity index (χ2n) is 5.82. The fourth-order valence-corrected chi connectivity index (χ4v) is 3.69. The summed E-state index contributed by atoms with van der Waals surface area (Å²) in [5.41, 5.74) is 0.214. The maximum Gasteiger partial charge on any atom is 0.147 e. The molecule has 2 nitrogen and oxygen atoms in total. The second kappa shape index (κ2) is 5.60. The molecular weight excluding hydrogens is 328 g/mol. The van der Waals surface area contributed by atoms with E-state index >= 15 is 0 Å². The maximum absolute atomic E-state index is 13.9. The van der Waals surface area contributed by atoms with E-state index in [0.717, 1.165) is 25.7 Å². The molecule has 1 aromatic carbocycles. The number of anilines is 1. The zero-order valence-electron chi connectivity index (χ0n) is 11.2. The van der Waals surface area contributed by atoms with Gasteiger partial charge >= 0.3 is 0 Å². The third-order valence-corrected chi connectivity index (χ3v) is 4.99. The Hall–Kier alpha value is -0.680. The predicted molar refractivity (Wildman–Crippen MR) is 77.9 cm³/mol. The first-order chi connectivity index (χ1) is 9.58. The van der Waals surface area contributed by atoms with Gasteiger partial charge in [0.05, 0.1) is 15.8 Å². The maximum atomic E-state index is 13.9. The number of hydrogen-bond donors (Lipinski definition) is 1. The van der Waals surface area contributed by atoms with Crippen molar-refractivity contribution in [2.75, 3.05) is 11.9 Å². The minimum absolute atomic E-state index is 0.0275. The Bertz CT molecular complexity index is 503. The quantitative estimate of drug-likeness (QED) is 0.789. The van der Waals surface area contributed by atoms with Crippen molar-refractivity contribution in [2.45, 2.75) is 50.2 Å². The van der Waals surface area contributed by atoms with Gasteiger partial charge in [-0.2, -0.15) is 0 Å². The van der Waals surface area contributed by atoms with Gasteiger partial charge in [0.2, 0.25) is 0 Å². The fraction of sp³-hybridized carbons (Fsp3) is 0.600. The Labute approximate surface area is 126 Å². The first-order valence-electron chi connectivity index (χ1n) is 7.13. The van der Waals surface area contributed by atoms with Crippen LogP contribution in [0.2, 0.25) is 0 Å². The van der Waals surface area contributed by atoms with Crippen molar-refractivity contribution >= 4 is 21.6 Å². The molecule has 0 aromatic heterocycles.